The summed E-state index contributed by atoms with van der Waals surface area (Å²) < 4.78 is 0. The van der Waals surface area contributed by atoms with Gasteiger partial charge in [0.1, 0.15) is 0 Å². The smallest absolute Gasteiger partial charge is 0.0856 e. The third-order valence-corrected chi connectivity index (χ3v) is 9.22. The van der Waals surface area contributed by atoms with E-state index in [0.29, 0.717) is 6.42 Å². The van der Waals surface area contributed by atoms with Crippen LogP contribution in [-0.2, 0) is 12.8 Å². The maximum Gasteiger partial charge on any atom is 0.0856 e. The van der Waals surface area contributed by atoms with Crippen LogP contribution in [0.3, 0.4) is 0 Å². The van der Waals surface area contributed by atoms with E-state index in [9.17, 15) is 0 Å². The Balaban J connectivity index is 1.36. The number of pyridine rings is 2. The highest BCUT2D eigenvalue weighted by atomic mass is 14.9. The average molecular weight is 644 g/mol. The number of nitrogens with zero attached hydrogens (tertiary/aromatic N) is 5. The van der Waals surface area contributed by atoms with Crippen LogP contribution in [0.15, 0.2) is 99.9 Å². The quantitative estimate of drug-likeness (QED) is 0.158. The number of hydrogen-bond acceptors (Lipinski definition) is 5. The summed E-state index contributed by atoms with van der Waals surface area (Å²) in [4.78, 5) is 25.6. The molecular formula is C44H45N5. The third kappa shape index (κ3) is 7.41. The van der Waals surface area contributed by atoms with Crippen molar-refractivity contribution in [2.75, 3.05) is 0 Å². The normalized spacial score (nSPS) is 13.5. The Morgan fingerprint density at radius 2 is 1.10 bits per heavy atom. The highest BCUT2D eigenvalue weighted by Crippen LogP contribution is 2.33. The lowest BCUT2D eigenvalue weighted by atomic mass is 10.00. The lowest BCUT2D eigenvalue weighted by Crippen LogP contribution is -2.09. The average Bonchev–Trinajstić information content (AvgIpc) is 3.31. The summed E-state index contributed by atoms with van der Waals surface area (Å²) in [6.07, 6.45) is 4.82. The van der Waals surface area contributed by atoms with Crippen LogP contribution in [0.4, 0.5) is 17.1 Å². The van der Waals surface area contributed by atoms with E-state index in [1.165, 1.54) is 33.4 Å². The van der Waals surface area contributed by atoms with Gasteiger partial charge in [-0.25, -0.2) is 9.97 Å². The number of rotatable bonds is 8. The van der Waals surface area contributed by atoms with Crippen molar-refractivity contribution in [1.29, 1.82) is 0 Å². The van der Waals surface area contributed by atoms with Gasteiger partial charge in [0, 0.05) is 12.0 Å². The molecule has 3 heterocycles. The Morgan fingerprint density at radius 1 is 0.612 bits per heavy atom. The Hall–Kier alpha value is -5.29. The third-order valence-electron chi connectivity index (χ3n) is 9.22. The topological polar surface area (TPSA) is 62.9 Å². The zero-order valence-corrected chi connectivity index (χ0v) is 30.0. The Morgan fingerprint density at radius 3 is 1.63 bits per heavy atom. The summed E-state index contributed by atoms with van der Waals surface area (Å²) in [6, 6.07) is 29.5. The number of aliphatic imine (C=N–C) groups is 3. The van der Waals surface area contributed by atoms with Crippen LogP contribution >= 0.6 is 0 Å². The molecular weight excluding hydrogens is 599 g/mol. The first kappa shape index (κ1) is 33.6. The lowest BCUT2D eigenvalue weighted by molar-refractivity contribution is 1.12. The number of benzene rings is 3. The van der Waals surface area contributed by atoms with Gasteiger partial charge in [-0.3, -0.25) is 15.0 Å². The minimum Gasteiger partial charge on any atom is -0.251 e. The molecule has 0 unspecified atom stereocenters. The van der Waals surface area contributed by atoms with Gasteiger partial charge in [0.25, 0.3) is 0 Å². The Labute approximate surface area is 291 Å². The van der Waals surface area contributed by atoms with Gasteiger partial charge < -0.3 is 0 Å². The second-order valence-electron chi connectivity index (χ2n) is 13.0. The van der Waals surface area contributed by atoms with E-state index in [0.717, 1.165) is 81.0 Å². The monoisotopic (exact) mass is 643 g/mol. The number of fused-ring (bicyclic) bond motifs is 1. The number of hydrogen-bond donors (Lipinski definition) is 0. The van der Waals surface area contributed by atoms with Crippen molar-refractivity contribution in [3.05, 3.63) is 147 Å². The van der Waals surface area contributed by atoms with Gasteiger partial charge >= 0.3 is 0 Å². The van der Waals surface area contributed by atoms with Gasteiger partial charge in [-0.2, -0.15) is 0 Å². The van der Waals surface area contributed by atoms with Crippen LogP contribution in [0.1, 0.15) is 95.8 Å². The van der Waals surface area contributed by atoms with E-state index in [4.69, 9.17) is 24.9 Å². The molecule has 6 rings (SSSR count). The molecule has 0 fully saturated rings. The van der Waals surface area contributed by atoms with E-state index in [1.807, 2.05) is 38.1 Å². The first-order chi connectivity index (χ1) is 23.6. The molecule has 0 saturated carbocycles. The van der Waals surface area contributed by atoms with E-state index in [-0.39, 0.29) is 0 Å². The van der Waals surface area contributed by atoms with Gasteiger partial charge in [-0.05, 0) is 130 Å². The van der Waals surface area contributed by atoms with Crippen molar-refractivity contribution in [1.82, 2.24) is 9.97 Å². The summed E-state index contributed by atoms with van der Waals surface area (Å²) in [5.41, 5.74) is 18.6. The second-order valence-corrected chi connectivity index (χ2v) is 13.0. The molecule has 1 aliphatic rings. The molecule has 3 aromatic carbocycles. The fraction of sp³-hybridized carbons (Fsp3) is 0.250. The maximum atomic E-state index is 5.17. The molecule has 0 bridgehead atoms. The van der Waals surface area contributed by atoms with E-state index in [2.05, 4.69) is 108 Å². The lowest BCUT2D eigenvalue weighted by Gasteiger charge is -2.12. The van der Waals surface area contributed by atoms with Gasteiger partial charge in [-0.1, -0.05) is 68.4 Å². The van der Waals surface area contributed by atoms with Crippen molar-refractivity contribution in [3.63, 3.8) is 0 Å². The Bertz CT molecular complexity index is 1980. The predicted octanol–water partition coefficient (Wildman–Crippen LogP) is 11.2. The van der Waals surface area contributed by atoms with Crippen LogP contribution in [0.2, 0.25) is 0 Å². The van der Waals surface area contributed by atoms with Crippen LogP contribution in [0, 0.1) is 27.7 Å². The zero-order valence-electron chi connectivity index (χ0n) is 30.0. The van der Waals surface area contributed by atoms with Crippen LogP contribution in [0.5, 0.6) is 0 Å². The molecule has 49 heavy (non-hydrogen) atoms. The molecule has 0 N–H and O–H groups in total. The summed E-state index contributed by atoms with van der Waals surface area (Å²) in [7, 11) is 0. The molecule has 5 aromatic rings. The van der Waals surface area contributed by atoms with E-state index >= 15 is 0 Å². The maximum absolute atomic E-state index is 5.17. The predicted molar refractivity (Wildman–Crippen MR) is 208 cm³/mol. The summed E-state index contributed by atoms with van der Waals surface area (Å²) >= 11 is 0. The summed E-state index contributed by atoms with van der Waals surface area (Å²) in [6.45, 7) is 17.0. The van der Waals surface area contributed by atoms with Gasteiger partial charge in [0.05, 0.1) is 57.0 Å². The van der Waals surface area contributed by atoms with Gasteiger partial charge in [0.2, 0.25) is 0 Å². The Kier molecular flexibility index (Phi) is 9.91. The molecule has 0 aliphatic carbocycles. The molecule has 5 nitrogen and oxygen atoms in total. The van der Waals surface area contributed by atoms with Gasteiger partial charge in [-0.15, -0.1) is 0 Å². The fourth-order valence-electron chi connectivity index (χ4n) is 6.54. The van der Waals surface area contributed by atoms with E-state index < -0.39 is 0 Å². The minimum absolute atomic E-state index is 0.585. The van der Waals surface area contributed by atoms with Crippen molar-refractivity contribution in [2.45, 2.75) is 74.7 Å². The number of aromatic nitrogens is 2. The molecule has 0 amide bonds. The summed E-state index contributed by atoms with van der Waals surface area (Å²) in [5, 5.41) is 0. The zero-order chi connectivity index (χ0) is 34.7. The fourth-order valence-corrected chi connectivity index (χ4v) is 6.54. The molecule has 1 aliphatic heterocycles. The van der Waals surface area contributed by atoms with Crippen LogP contribution in [-0.4, -0.2) is 27.1 Å². The summed E-state index contributed by atoms with van der Waals surface area (Å²) in [5.74, 6) is 0. The SMILES string of the molecule is CCc1cc(C)c(N=C(C)c2cccc(C3=Cc4ccccc4N=C(c4cccc(C(C)=Nc5c(C)cc(CC)cc5C)n4)C3)n2)c(C)c1. The number of allylic oxidation sites excluding steroid dienone is 1. The largest absolute Gasteiger partial charge is 0.251 e. The number of para-hydroxylation sites is 1. The second kappa shape index (κ2) is 14.4. The molecule has 2 aromatic heterocycles. The highest BCUT2D eigenvalue weighted by Gasteiger charge is 2.18. The molecule has 0 saturated heterocycles. The van der Waals surface area contributed by atoms with Crippen molar-refractivity contribution < 1.29 is 0 Å². The molecule has 0 radical (unpaired) electrons. The first-order valence-corrected chi connectivity index (χ1v) is 17.3. The van der Waals surface area contributed by atoms with Crippen molar-refractivity contribution >= 4 is 45.8 Å². The van der Waals surface area contributed by atoms with Crippen LogP contribution < -0.4 is 0 Å². The number of aryl methyl sites for hydroxylation is 6. The minimum atomic E-state index is 0.585. The standard InChI is InChI=1S/C44H45N5/c1-9-33-21-27(3)43(28(4)22-33)45-31(7)37-17-13-19-40(47-37)36-25-35-15-11-12-16-39(35)49-42(26-36)41-20-14-18-38(48-41)32(8)46-44-29(5)23-34(10-2)24-30(44)6/h11-25H,9-10,26H2,1-8H3. The van der Waals surface area contributed by atoms with Gasteiger partial charge in [0.15, 0.2) is 0 Å². The first-order valence-electron chi connectivity index (χ1n) is 17.3. The van der Waals surface area contributed by atoms with E-state index in [1.54, 1.807) is 0 Å². The van der Waals surface area contributed by atoms with Crippen molar-refractivity contribution in [2.24, 2.45) is 15.0 Å². The molecule has 0 spiro atoms. The van der Waals surface area contributed by atoms with Crippen LogP contribution in [0.25, 0.3) is 11.6 Å². The highest BCUT2D eigenvalue weighted by molar-refractivity contribution is 6.11. The molecule has 246 valence electrons. The van der Waals surface area contributed by atoms with Crippen molar-refractivity contribution in [3.8, 4) is 0 Å². The molecule has 0 atom stereocenters. The molecule has 5 heteroatoms.